The Morgan fingerprint density at radius 2 is 2.19 bits per heavy atom. The SMILES string of the molecule is CN1c2nc(Nc3ccc4c(c3)OCC(=O)N4)ccc2C2=CC1CCCC2. The van der Waals surface area contributed by atoms with Crippen LogP contribution in [0.25, 0.3) is 5.57 Å². The van der Waals surface area contributed by atoms with Crippen LogP contribution in [0.2, 0.25) is 0 Å². The van der Waals surface area contributed by atoms with E-state index in [9.17, 15) is 4.79 Å². The number of aromatic nitrogens is 1. The van der Waals surface area contributed by atoms with Gasteiger partial charge in [0.2, 0.25) is 0 Å². The van der Waals surface area contributed by atoms with Gasteiger partial charge in [-0.1, -0.05) is 12.5 Å². The Labute approximate surface area is 158 Å². The van der Waals surface area contributed by atoms with Gasteiger partial charge in [-0.15, -0.1) is 0 Å². The van der Waals surface area contributed by atoms with E-state index in [0.29, 0.717) is 17.5 Å². The van der Waals surface area contributed by atoms with Gasteiger partial charge in [-0.3, -0.25) is 4.79 Å². The second kappa shape index (κ2) is 6.30. The molecule has 27 heavy (non-hydrogen) atoms. The summed E-state index contributed by atoms with van der Waals surface area (Å²) in [7, 11) is 2.13. The Morgan fingerprint density at radius 1 is 1.26 bits per heavy atom. The van der Waals surface area contributed by atoms with Crippen molar-refractivity contribution in [2.75, 3.05) is 29.2 Å². The van der Waals surface area contributed by atoms with Gasteiger partial charge in [-0.25, -0.2) is 4.98 Å². The third-order valence-electron chi connectivity index (χ3n) is 5.53. The molecular formula is C21H22N4O2. The lowest BCUT2D eigenvalue weighted by Crippen LogP contribution is -2.33. The van der Waals surface area contributed by atoms with E-state index >= 15 is 0 Å². The number of hydrogen-bond donors (Lipinski definition) is 2. The number of carbonyl (C=O) groups excluding carboxylic acids is 1. The molecule has 1 unspecified atom stereocenters. The van der Waals surface area contributed by atoms with Crippen molar-refractivity contribution in [1.29, 1.82) is 0 Å². The Balaban J connectivity index is 1.44. The van der Waals surface area contributed by atoms with Crippen molar-refractivity contribution < 1.29 is 9.53 Å². The standard InChI is InChI=1S/C21H22N4O2/c1-25-15-5-3-2-4-13(10-15)16-7-9-19(24-21(16)25)22-14-6-8-17-18(11-14)27-12-20(26)23-17/h6-11,15H,2-5,12H2,1H3,(H,22,24)(H,23,26). The maximum Gasteiger partial charge on any atom is 0.262 e. The van der Waals surface area contributed by atoms with E-state index in [4.69, 9.17) is 9.72 Å². The summed E-state index contributed by atoms with van der Waals surface area (Å²) in [4.78, 5) is 18.6. The minimum Gasteiger partial charge on any atom is -0.482 e. The highest BCUT2D eigenvalue weighted by Crippen LogP contribution is 2.39. The van der Waals surface area contributed by atoms with Crippen molar-refractivity contribution in [3.63, 3.8) is 0 Å². The number of ether oxygens (including phenoxy) is 1. The number of allylic oxidation sites excluding steroid dienone is 1. The predicted octanol–water partition coefficient (Wildman–Crippen LogP) is 3.93. The zero-order valence-corrected chi connectivity index (χ0v) is 15.3. The number of hydrogen-bond acceptors (Lipinski definition) is 5. The first-order chi connectivity index (χ1) is 13.2. The Kier molecular flexibility index (Phi) is 3.77. The lowest BCUT2D eigenvalue weighted by molar-refractivity contribution is -0.118. The number of anilines is 4. The van der Waals surface area contributed by atoms with E-state index < -0.39 is 0 Å². The highest BCUT2D eigenvalue weighted by Gasteiger charge is 2.27. The lowest BCUT2D eigenvalue weighted by Gasteiger charge is -2.32. The number of fused-ring (bicyclic) bond motifs is 4. The van der Waals surface area contributed by atoms with Gasteiger partial charge in [0.15, 0.2) is 6.61 Å². The minimum atomic E-state index is -0.127. The van der Waals surface area contributed by atoms with Crippen molar-refractivity contribution >= 4 is 34.5 Å². The topological polar surface area (TPSA) is 66.5 Å². The third-order valence-corrected chi connectivity index (χ3v) is 5.53. The second-order valence-corrected chi connectivity index (χ2v) is 7.36. The summed E-state index contributed by atoms with van der Waals surface area (Å²) < 4.78 is 5.50. The van der Waals surface area contributed by atoms with E-state index in [0.717, 1.165) is 23.7 Å². The molecule has 2 aliphatic heterocycles. The predicted molar refractivity (Wildman–Crippen MR) is 107 cm³/mol. The average molecular weight is 362 g/mol. The van der Waals surface area contributed by atoms with Gasteiger partial charge >= 0.3 is 0 Å². The molecule has 0 radical (unpaired) electrons. The number of rotatable bonds is 2. The summed E-state index contributed by atoms with van der Waals surface area (Å²) in [6.07, 6.45) is 7.26. The van der Waals surface area contributed by atoms with Crippen molar-refractivity contribution in [2.24, 2.45) is 0 Å². The molecule has 2 bridgehead atoms. The van der Waals surface area contributed by atoms with Crippen molar-refractivity contribution in [3.05, 3.63) is 42.0 Å². The number of carbonyl (C=O) groups is 1. The summed E-state index contributed by atoms with van der Waals surface area (Å²) in [5, 5.41) is 6.17. The van der Waals surface area contributed by atoms with Crippen molar-refractivity contribution in [2.45, 2.75) is 31.7 Å². The molecule has 1 aliphatic carbocycles. The summed E-state index contributed by atoms with van der Waals surface area (Å²) in [6.45, 7) is 0.0504. The summed E-state index contributed by atoms with van der Waals surface area (Å²) >= 11 is 0. The number of benzene rings is 1. The molecule has 0 saturated heterocycles. The fourth-order valence-corrected chi connectivity index (χ4v) is 4.09. The highest BCUT2D eigenvalue weighted by atomic mass is 16.5. The molecule has 0 fully saturated rings. The van der Waals surface area contributed by atoms with Gasteiger partial charge in [0.1, 0.15) is 17.4 Å². The zero-order chi connectivity index (χ0) is 18.4. The quantitative estimate of drug-likeness (QED) is 0.847. The van der Waals surface area contributed by atoms with Gasteiger partial charge in [0.25, 0.3) is 5.91 Å². The van der Waals surface area contributed by atoms with Crippen LogP contribution in [0, 0.1) is 0 Å². The van der Waals surface area contributed by atoms with Crippen LogP contribution in [0.1, 0.15) is 31.2 Å². The van der Waals surface area contributed by atoms with Crippen LogP contribution in [-0.2, 0) is 4.79 Å². The molecule has 138 valence electrons. The molecule has 5 rings (SSSR count). The molecule has 6 nitrogen and oxygen atoms in total. The fraction of sp³-hybridized carbons (Fsp3) is 0.333. The summed E-state index contributed by atoms with van der Waals surface area (Å²) in [5.41, 5.74) is 4.26. The summed E-state index contributed by atoms with van der Waals surface area (Å²) in [6, 6.07) is 10.3. The smallest absolute Gasteiger partial charge is 0.262 e. The first-order valence-corrected chi connectivity index (χ1v) is 9.46. The number of nitrogens with one attached hydrogen (secondary N) is 2. The Morgan fingerprint density at radius 3 is 3.11 bits per heavy atom. The van der Waals surface area contributed by atoms with Gasteiger partial charge in [-0.05, 0) is 49.1 Å². The van der Waals surface area contributed by atoms with E-state index in [-0.39, 0.29) is 12.5 Å². The fourth-order valence-electron chi connectivity index (χ4n) is 4.09. The summed E-state index contributed by atoms with van der Waals surface area (Å²) in [5.74, 6) is 2.40. The molecule has 1 aromatic heterocycles. The number of likely N-dealkylation sites (N-methyl/N-ethyl adjacent to an activating group) is 1. The van der Waals surface area contributed by atoms with Crippen LogP contribution in [0.15, 0.2) is 36.4 Å². The van der Waals surface area contributed by atoms with Crippen molar-refractivity contribution in [3.8, 4) is 5.75 Å². The van der Waals surface area contributed by atoms with E-state index in [1.807, 2.05) is 24.3 Å². The molecule has 3 aliphatic rings. The molecule has 1 atom stereocenters. The largest absolute Gasteiger partial charge is 0.482 e. The Hall–Kier alpha value is -3.02. The molecular weight excluding hydrogens is 340 g/mol. The first-order valence-electron chi connectivity index (χ1n) is 9.46. The number of nitrogens with zero attached hydrogens (tertiary/aromatic N) is 2. The molecule has 1 aromatic carbocycles. The van der Waals surface area contributed by atoms with Crippen LogP contribution in [-0.4, -0.2) is 30.6 Å². The van der Waals surface area contributed by atoms with E-state index in [1.165, 1.54) is 30.4 Å². The monoisotopic (exact) mass is 362 g/mol. The Bertz CT molecular complexity index is 953. The van der Waals surface area contributed by atoms with Gasteiger partial charge in [0, 0.05) is 30.4 Å². The van der Waals surface area contributed by atoms with Gasteiger partial charge in [-0.2, -0.15) is 0 Å². The van der Waals surface area contributed by atoms with Gasteiger partial charge < -0.3 is 20.3 Å². The first kappa shape index (κ1) is 16.2. The zero-order valence-electron chi connectivity index (χ0n) is 15.3. The molecule has 0 saturated carbocycles. The maximum absolute atomic E-state index is 11.4. The van der Waals surface area contributed by atoms with Crippen LogP contribution < -0.4 is 20.3 Å². The van der Waals surface area contributed by atoms with E-state index in [2.05, 4.69) is 34.7 Å². The van der Waals surface area contributed by atoms with Gasteiger partial charge in [0.05, 0.1) is 5.69 Å². The molecule has 2 N–H and O–H groups in total. The normalized spacial score (nSPS) is 20.5. The number of amides is 1. The third kappa shape index (κ3) is 2.91. The van der Waals surface area contributed by atoms with Crippen LogP contribution in [0.3, 0.4) is 0 Å². The molecule has 0 spiro atoms. The molecule has 6 heteroatoms. The minimum absolute atomic E-state index is 0.0504. The van der Waals surface area contributed by atoms with Crippen LogP contribution >= 0.6 is 0 Å². The highest BCUT2D eigenvalue weighted by molar-refractivity contribution is 5.95. The molecule has 2 aromatic rings. The average Bonchev–Trinajstić information content (AvgIpc) is 2.90. The van der Waals surface area contributed by atoms with Crippen LogP contribution in [0.4, 0.5) is 23.0 Å². The maximum atomic E-state index is 11.4. The van der Waals surface area contributed by atoms with E-state index in [1.54, 1.807) is 0 Å². The lowest BCUT2D eigenvalue weighted by atomic mass is 9.97. The molecule has 1 amide bonds. The number of pyridine rings is 1. The van der Waals surface area contributed by atoms with Crippen LogP contribution in [0.5, 0.6) is 5.75 Å². The second-order valence-electron chi connectivity index (χ2n) is 7.36. The van der Waals surface area contributed by atoms with Crippen molar-refractivity contribution in [1.82, 2.24) is 4.98 Å². The molecule has 3 heterocycles.